The van der Waals surface area contributed by atoms with Crippen molar-refractivity contribution >= 4 is 31.6 Å². The summed E-state index contributed by atoms with van der Waals surface area (Å²) in [6, 6.07) is 5.01. The number of sulfonamides is 1. The quantitative estimate of drug-likeness (QED) is 0.864. The zero-order chi connectivity index (χ0) is 12.3. The van der Waals surface area contributed by atoms with E-state index in [2.05, 4.69) is 30.7 Å². The Morgan fingerprint density at radius 2 is 2.18 bits per heavy atom. The lowest BCUT2D eigenvalue weighted by molar-refractivity contribution is 0.606. The molecule has 6 nitrogen and oxygen atoms in total. The molecule has 2 heterocycles. The molecule has 0 saturated heterocycles. The standard InChI is InChI=1S/C9H9BrN4O2S/c10-7-17(15,16)13-8-3-1-4-11-9(8)14-6-2-5-12-14/h1-6,13H,7H2. The van der Waals surface area contributed by atoms with Gasteiger partial charge in [-0.2, -0.15) is 5.10 Å². The number of hydrogen-bond acceptors (Lipinski definition) is 4. The average Bonchev–Trinajstić information content (AvgIpc) is 2.83. The third kappa shape index (κ3) is 2.83. The number of pyridine rings is 1. The molecule has 0 aliphatic rings. The van der Waals surface area contributed by atoms with Gasteiger partial charge in [-0.05, 0) is 18.2 Å². The van der Waals surface area contributed by atoms with Gasteiger partial charge in [0, 0.05) is 18.6 Å². The van der Waals surface area contributed by atoms with E-state index in [4.69, 9.17) is 0 Å². The van der Waals surface area contributed by atoms with Crippen LogP contribution in [0.5, 0.6) is 0 Å². The first-order valence-electron chi connectivity index (χ1n) is 4.64. The van der Waals surface area contributed by atoms with Gasteiger partial charge in [-0.25, -0.2) is 18.1 Å². The number of aromatic nitrogens is 3. The van der Waals surface area contributed by atoms with Crippen LogP contribution in [0.15, 0.2) is 36.8 Å². The fraction of sp³-hybridized carbons (Fsp3) is 0.111. The fourth-order valence-corrected chi connectivity index (χ4v) is 2.14. The summed E-state index contributed by atoms with van der Waals surface area (Å²) in [7, 11) is -3.40. The van der Waals surface area contributed by atoms with Gasteiger partial charge in [0.2, 0.25) is 10.0 Å². The summed E-state index contributed by atoms with van der Waals surface area (Å²) in [5, 5.41) is 4.01. The lowest BCUT2D eigenvalue weighted by Gasteiger charge is -2.09. The summed E-state index contributed by atoms with van der Waals surface area (Å²) in [4.78, 5) is 4.10. The Hall–Kier alpha value is -1.41. The van der Waals surface area contributed by atoms with Crippen LogP contribution in [0.25, 0.3) is 5.82 Å². The van der Waals surface area contributed by atoms with Gasteiger partial charge in [-0.1, -0.05) is 15.9 Å². The van der Waals surface area contributed by atoms with Crippen LogP contribution < -0.4 is 4.72 Å². The van der Waals surface area contributed by atoms with Gasteiger partial charge in [0.15, 0.2) is 5.82 Å². The summed E-state index contributed by atoms with van der Waals surface area (Å²) in [5.74, 6) is 0.432. The minimum absolute atomic E-state index is 0.173. The first kappa shape index (κ1) is 12.1. The zero-order valence-electron chi connectivity index (χ0n) is 8.62. The molecule has 2 aromatic heterocycles. The SMILES string of the molecule is O=S(=O)(CBr)Nc1cccnc1-n1cccn1. The molecule has 0 atom stereocenters. The van der Waals surface area contributed by atoms with Crippen LogP contribution in [0.4, 0.5) is 5.69 Å². The highest BCUT2D eigenvalue weighted by molar-refractivity contribution is 9.10. The molecular formula is C9H9BrN4O2S. The summed E-state index contributed by atoms with van der Waals surface area (Å²) in [6.45, 7) is 0. The minimum atomic E-state index is -3.40. The number of anilines is 1. The normalized spacial score (nSPS) is 11.4. The highest BCUT2D eigenvalue weighted by Crippen LogP contribution is 2.17. The van der Waals surface area contributed by atoms with Crippen LogP contribution in [0.3, 0.4) is 0 Å². The number of nitrogens with one attached hydrogen (secondary N) is 1. The van der Waals surface area contributed by atoms with Crippen LogP contribution in [0.2, 0.25) is 0 Å². The van der Waals surface area contributed by atoms with Gasteiger partial charge < -0.3 is 0 Å². The van der Waals surface area contributed by atoms with Crippen molar-refractivity contribution in [2.24, 2.45) is 0 Å². The van der Waals surface area contributed by atoms with Gasteiger partial charge in [-0.3, -0.25) is 4.72 Å². The molecule has 0 amide bonds. The number of alkyl halides is 1. The van der Waals surface area contributed by atoms with Crippen LogP contribution in [-0.2, 0) is 10.0 Å². The molecular weight excluding hydrogens is 308 g/mol. The van der Waals surface area contributed by atoms with Crippen LogP contribution in [0.1, 0.15) is 0 Å². The monoisotopic (exact) mass is 316 g/mol. The number of hydrogen-bond donors (Lipinski definition) is 1. The second kappa shape index (κ2) is 4.84. The van der Waals surface area contributed by atoms with Gasteiger partial charge >= 0.3 is 0 Å². The number of nitrogens with zero attached hydrogens (tertiary/aromatic N) is 3. The highest BCUT2D eigenvalue weighted by atomic mass is 79.9. The summed E-state index contributed by atoms with van der Waals surface area (Å²) in [6.07, 6.45) is 4.86. The van der Waals surface area contributed by atoms with Crippen molar-refractivity contribution in [2.75, 3.05) is 9.38 Å². The van der Waals surface area contributed by atoms with Crippen molar-refractivity contribution in [1.29, 1.82) is 0 Å². The Kier molecular flexibility index (Phi) is 3.43. The fourth-order valence-electron chi connectivity index (χ4n) is 1.25. The van der Waals surface area contributed by atoms with E-state index in [-0.39, 0.29) is 4.66 Å². The molecule has 0 bridgehead atoms. The smallest absolute Gasteiger partial charge is 0.242 e. The van der Waals surface area contributed by atoms with E-state index in [0.29, 0.717) is 11.5 Å². The van der Waals surface area contributed by atoms with Crippen LogP contribution in [-0.4, -0.2) is 27.8 Å². The first-order chi connectivity index (χ1) is 8.12. The van der Waals surface area contributed by atoms with Gasteiger partial charge in [0.25, 0.3) is 0 Å². The summed E-state index contributed by atoms with van der Waals surface area (Å²) >= 11 is 2.91. The Bertz CT molecular complexity index is 597. The van der Waals surface area contributed by atoms with Crippen LogP contribution in [0, 0.1) is 0 Å². The molecule has 1 N–H and O–H groups in total. The van der Waals surface area contributed by atoms with Crippen molar-refractivity contribution in [3.8, 4) is 5.82 Å². The maximum absolute atomic E-state index is 11.5. The molecule has 0 aromatic carbocycles. The van der Waals surface area contributed by atoms with E-state index in [1.165, 1.54) is 4.68 Å². The van der Waals surface area contributed by atoms with Crippen molar-refractivity contribution in [2.45, 2.75) is 0 Å². The predicted molar refractivity (Wildman–Crippen MR) is 67.7 cm³/mol. The zero-order valence-corrected chi connectivity index (χ0v) is 11.0. The van der Waals surface area contributed by atoms with Crippen molar-refractivity contribution in [1.82, 2.24) is 14.8 Å². The molecule has 0 spiro atoms. The Morgan fingerprint density at radius 1 is 1.35 bits per heavy atom. The molecule has 0 radical (unpaired) electrons. The molecule has 0 aliphatic heterocycles. The van der Waals surface area contributed by atoms with E-state index in [1.54, 1.807) is 36.8 Å². The van der Waals surface area contributed by atoms with Crippen molar-refractivity contribution in [3.63, 3.8) is 0 Å². The highest BCUT2D eigenvalue weighted by Gasteiger charge is 2.12. The number of rotatable bonds is 4. The molecule has 0 aliphatic carbocycles. The minimum Gasteiger partial charge on any atom is -0.279 e. The number of halogens is 1. The summed E-state index contributed by atoms with van der Waals surface area (Å²) < 4.78 is 26.7. The van der Waals surface area contributed by atoms with Gasteiger partial charge in [0.05, 0.1) is 5.69 Å². The van der Waals surface area contributed by atoms with E-state index < -0.39 is 10.0 Å². The molecule has 0 fully saturated rings. The van der Waals surface area contributed by atoms with Crippen molar-refractivity contribution < 1.29 is 8.42 Å². The Labute approximate surface area is 107 Å². The third-order valence-electron chi connectivity index (χ3n) is 1.92. The topological polar surface area (TPSA) is 76.9 Å². The van der Waals surface area contributed by atoms with E-state index in [1.807, 2.05) is 0 Å². The molecule has 90 valence electrons. The van der Waals surface area contributed by atoms with E-state index in [0.717, 1.165) is 0 Å². The molecule has 0 unspecified atom stereocenters. The average molecular weight is 317 g/mol. The van der Waals surface area contributed by atoms with Gasteiger partial charge in [0.1, 0.15) is 4.66 Å². The lowest BCUT2D eigenvalue weighted by Crippen LogP contribution is -2.15. The summed E-state index contributed by atoms with van der Waals surface area (Å²) in [5.41, 5.74) is 0.385. The Morgan fingerprint density at radius 3 is 2.82 bits per heavy atom. The van der Waals surface area contributed by atoms with Crippen LogP contribution >= 0.6 is 15.9 Å². The maximum Gasteiger partial charge on any atom is 0.242 e. The van der Waals surface area contributed by atoms with E-state index in [9.17, 15) is 8.42 Å². The molecule has 2 rings (SSSR count). The van der Waals surface area contributed by atoms with E-state index >= 15 is 0 Å². The molecule has 2 aromatic rings. The third-order valence-corrected chi connectivity index (χ3v) is 4.54. The molecule has 0 saturated carbocycles. The second-order valence-electron chi connectivity index (χ2n) is 3.15. The Balaban J connectivity index is 2.42. The second-order valence-corrected chi connectivity index (χ2v) is 6.18. The predicted octanol–water partition coefficient (Wildman–Crippen LogP) is 1.36. The first-order valence-corrected chi connectivity index (χ1v) is 7.41. The van der Waals surface area contributed by atoms with Gasteiger partial charge in [-0.15, -0.1) is 0 Å². The maximum atomic E-state index is 11.5. The molecule has 17 heavy (non-hydrogen) atoms. The lowest BCUT2D eigenvalue weighted by atomic mass is 10.4. The largest absolute Gasteiger partial charge is 0.279 e. The van der Waals surface area contributed by atoms with Crippen molar-refractivity contribution in [3.05, 3.63) is 36.8 Å². The molecule has 8 heteroatoms.